The lowest BCUT2D eigenvalue weighted by Gasteiger charge is -2.32. The first-order valence-corrected chi connectivity index (χ1v) is 7.94. The maximum Gasteiger partial charge on any atom is 0.146 e. The topological polar surface area (TPSA) is 49.8 Å². The van der Waals surface area contributed by atoms with Crippen LogP contribution in [0.4, 0.5) is 11.6 Å². The van der Waals surface area contributed by atoms with E-state index in [9.17, 15) is 0 Å². The highest BCUT2D eigenvalue weighted by Gasteiger charge is 2.25. The van der Waals surface area contributed by atoms with Crippen LogP contribution >= 0.6 is 15.9 Å². The van der Waals surface area contributed by atoms with Crippen LogP contribution in [0.3, 0.4) is 0 Å². The normalized spacial score (nSPS) is 11.4. The monoisotopic (exact) mass is 328 g/mol. The molecule has 0 amide bonds. The first-order valence-electron chi connectivity index (χ1n) is 7.15. The third-order valence-corrected chi connectivity index (χ3v) is 4.50. The summed E-state index contributed by atoms with van der Waals surface area (Å²) in [6.07, 6.45) is 5.91. The summed E-state index contributed by atoms with van der Waals surface area (Å²) in [5.41, 5.74) is 0.110. The molecule has 0 aliphatic carbocycles. The molecule has 0 spiro atoms. The molecule has 0 aliphatic heterocycles. The summed E-state index contributed by atoms with van der Waals surface area (Å²) in [5, 5.41) is 6.89. The zero-order valence-corrected chi connectivity index (χ0v) is 14.0. The number of halogens is 1. The van der Waals surface area contributed by atoms with Crippen LogP contribution in [0, 0.1) is 0 Å². The van der Waals surface area contributed by atoms with Gasteiger partial charge in [-0.05, 0) is 41.6 Å². The van der Waals surface area contributed by atoms with Crippen LogP contribution in [0.1, 0.15) is 53.4 Å². The molecule has 0 saturated heterocycles. The molecule has 1 rings (SSSR count). The van der Waals surface area contributed by atoms with Crippen LogP contribution in [0.5, 0.6) is 0 Å². The Morgan fingerprint density at radius 1 is 1.05 bits per heavy atom. The van der Waals surface area contributed by atoms with E-state index in [1.165, 1.54) is 0 Å². The van der Waals surface area contributed by atoms with Gasteiger partial charge in [0.2, 0.25) is 0 Å². The van der Waals surface area contributed by atoms with Crippen LogP contribution in [0.2, 0.25) is 0 Å². The molecule has 1 heterocycles. The van der Waals surface area contributed by atoms with Gasteiger partial charge in [0.15, 0.2) is 0 Å². The molecule has 1 aromatic rings. The second kappa shape index (κ2) is 7.68. The Bertz CT molecular complexity index is 383. The molecule has 5 heteroatoms. The van der Waals surface area contributed by atoms with Crippen molar-refractivity contribution in [1.82, 2.24) is 9.97 Å². The predicted molar refractivity (Wildman–Crippen MR) is 85.7 cm³/mol. The number of aromatic nitrogens is 2. The number of hydrogen-bond donors (Lipinski definition) is 2. The van der Waals surface area contributed by atoms with E-state index in [0.29, 0.717) is 0 Å². The van der Waals surface area contributed by atoms with Crippen LogP contribution in [-0.2, 0) is 0 Å². The Morgan fingerprint density at radius 3 is 2.16 bits per heavy atom. The summed E-state index contributed by atoms with van der Waals surface area (Å²) < 4.78 is 0.920. The maximum atomic E-state index is 4.37. The Kier molecular flexibility index (Phi) is 6.55. The van der Waals surface area contributed by atoms with E-state index >= 15 is 0 Å². The molecule has 0 aromatic carbocycles. The number of rotatable bonds is 8. The lowest BCUT2D eigenvalue weighted by molar-refractivity contribution is 0.418. The minimum atomic E-state index is 0.110. The first-order chi connectivity index (χ1) is 9.12. The van der Waals surface area contributed by atoms with E-state index < -0.39 is 0 Å². The highest BCUT2D eigenvalue weighted by atomic mass is 79.9. The van der Waals surface area contributed by atoms with Crippen molar-refractivity contribution in [3.05, 3.63) is 10.8 Å². The van der Waals surface area contributed by atoms with Gasteiger partial charge in [0.05, 0.1) is 0 Å². The molecular weight excluding hydrogens is 304 g/mol. The minimum Gasteiger partial charge on any atom is -0.369 e. The molecule has 0 radical (unpaired) electrons. The summed E-state index contributed by atoms with van der Waals surface area (Å²) in [4.78, 5) is 8.64. The molecule has 0 atom stereocenters. The molecular formula is C14H25BrN4. The molecule has 19 heavy (non-hydrogen) atoms. The van der Waals surface area contributed by atoms with Gasteiger partial charge in [-0.3, -0.25) is 0 Å². The summed E-state index contributed by atoms with van der Waals surface area (Å²) >= 11 is 3.60. The molecule has 2 N–H and O–H groups in total. The van der Waals surface area contributed by atoms with Crippen molar-refractivity contribution in [2.45, 2.75) is 58.9 Å². The number of nitrogens with zero attached hydrogens (tertiary/aromatic N) is 2. The molecule has 1 aromatic heterocycles. The van der Waals surface area contributed by atoms with Crippen LogP contribution in [0.25, 0.3) is 0 Å². The van der Waals surface area contributed by atoms with Gasteiger partial charge in [-0.25, -0.2) is 9.97 Å². The van der Waals surface area contributed by atoms with Gasteiger partial charge >= 0.3 is 0 Å². The molecule has 108 valence electrons. The summed E-state index contributed by atoms with van der Waals surface area (Å²) in [6.45, 7) is 9.69. The highest BCUT2D eigenvalue weighted by Crippen LogP contribution is 2.31. The number of hydrogen-bond acceptors (Lipinski definition) is 4. The van der Waals surface area contributed by atoms with E-state index in [1.54, 1.807) is 6.33 Å². The molecule has 4 nitrogen and oxygen atoms in total. The fourth-order valence-electron chi connectivity index (χ4n) is 2.09. The average molecular weight is 329 g/mol. The predicted octanol–water partition coefficient (Wildman–Crippen LogP) is 4.44. The van der Waals surface area contributed by atoms with Crippen LogP contribution < -0.4 is 10.6 Å². The van der Waals surface area contributed by atoms with Crippen molar-refractivity contribution < 1.29 is 0 Å². The fraction of sp³-hybridized carbons (Fsp3) is 0.714. The highest BCUT2D eigenvalue weighted by molar-refractivity contribution is 9.10. The van der Waals surface area contributed by atoms with Gasteiger partial charge in [0, 0.05) is 12.1 Å². The SMILES string of the molecule is CCCNc1ncnc(NC(CC)(CC)CC)c1Br. The minimum absolute atomic E-state index is 0.110. The van der Waals surface area contributed by atoms with Gasteiger partial charge in [0.1, 0.15) is 22.4 Å². The zero-order valence-electron chi connectivity index (χ0n) is 12.4. The third-order valence-electron chi connectivity index (χ3n) is 3.75. The average Bonchev–Trinajstić information content (AvgIpc) is 2.45. The van der Waals surface area contributed by atoms with Gasteiger partial charge in [0.25, 0.3) is 0 Å². The Labute approximate surface area is 124 Å². The van der Waals surface area contributed by atoms with Crippen molar-refractivity contribution >= 4 is 27.6 Å². The van der Waals surface area contributed by atoms with Crippen molar-refractivity contribution in [2.24, 2.45) is 0 Å². The zero-order chi connectivity index (χ0) is 14.3. The van der Waals surface area contributed by atoms with Crippen molar-refractivity contribution in [3.63, 3.8) is 0 Å². The number of anilines is 2. The fourth-order valence-corrected chi connectivity index (χ4v) is 2.53. The summed E-state index contributed by atoms with van der Waals surface area (Å²) in [5.74, 6) is 1.73. The van der Waals surface area contributed by atoms with Gasteiger partial charge in [-0.1, -0.05) is 27.7 Å². The van der Waals surface area contributed by atoms with Crippen molar-refractivity contribution in [2.75, 3.05) is 17.2 Å². The Balaban J connectivity index is 2.94. The maximum absolute atomic E-state index is 4.37. The molecule has 0 aliphatic rings. The Morgan fingerprint density at radius 2 is 1.63 bits per heavy atom. The molecule has 0 saturated carbocycles. The first kappa shape index (κ1) is 16.2. The lowest BCUT2D eigenvalue weighted by Crippen LogP contribution is -2.36. The van der Waals surface area contributed by atoms with E-state index in [1.807, 2.05) is 0 Å². The second-order valence-electron chi connectivity index (χ2n) is 4.78. The van der Waals surface area contributed by atoms with Crippen molar-refractivity contribution in [3.8, 4) is 0 Å². The van der Waals surface area contributed by atoms with Gasteiger partial charge in [-0.15, -0.1) is 0 Å². The number of nitrogens with one attached hydrogen (secondary N) is 2. The van der Waals surface area contributed by atoms with Crippen LogP contribution in [0.15, 0.2) is 10.8 Å². The summed E-state index contributed by atoms with van der Waals surface area (Å²) in [6, 6.07) is 0. The quantitative estimate of drug-likeness (QED) is 0.740. The van der Waals surface area contributed by atoms with E-state index in [0.717, 1.165) is 48.3 Å². The van der Waals surface area contributed by atoms with Crippen molar-refractivity contribution in [1.29, 1.82) is 0 Å². The van der Waals surface area contributed by atoms with E-state index in [4.69, 9.17) is 0 Å². The van der Waals surface area contributed by atoms with Gasteiger partial charge < -0.3 is 10.6 Å². The second-order valence-corrected chi connectivity index (χ2v) is 5.57. The molecule has 0 unspecified atom stereocenters. The smallest absolute Gasteiger partial charge is 0.146 e. The lowest BCUT2D eigenvalue weighted by atomic mass is 9.90. The standard InChI is InChI=1S/C14H25BrN4/c1-5-9-16-12-11(15)13(18-10-17-12)19-14(6-2,7-3)8-4/h10H,5-9H2,1-4H3,(H2,16,17,18,19). The molecule has 0 bridgehead atoms. The Hall–Kier alpha value is -0.840. The van der Waals surface area contributed by atoms with E-state index in [2.05, 4.69) is 64.2 Å². The van der Waals surface area contributed by atoms with Crippen LogP contribution in [-0.4, -0.2) is 22.1 Å². The molecule has 0 fully saturated rings. The van der Waals surface area contributed by atoms with Gasteiger partial charge in [-0.2, -0.15) is 0 Å². The summed E-state index contributed by atoms with van der Waals surface area (Å²) in [7, 11) is 0. The van der Waals surface area contributed by atoms with E-state index in [-0.39, 0.29) is 5.54 Å². The third kappa shape index (κ3) is 4.06. The largest absolute Gasteiger partial charge is 0.369 e.